The van der Waals surface area contributed by atoms with E-state index in [4.69, 9.17) is 37.2 Å². The highest BCUT2D eigenvalue weighted by Gasteiger charge is 2.37. The van der Waals surface area contributed by atoms with Crippen LogP contribution in [0.3, 0.4) is 0 Å². The summed E-state index contributed by atoms with van der Waals surface area (Å²) in [6.07, 6.45) is 1.93. The van der Waals surface area contributed by atoms with Gasteiger partial charge in [-0.25, -0.2) is 4.79 Å². The Morgan fingerprint density at radius 1 is 1.35 bits per heavy atom. The van der Waals surface area contributed by atoms with Crippen LogP contribution in [-0.2, 0) is 4.74 Å². The molecule has 0 atom stereocenters. The lowest BCUT2D eigenvalue weighted by Crippen LogP contribution is -2.08. The molecule has 1 aliphatic carbocycles. The lowest BCUT2D eigenvalue weighted by atomic mass is 10.0. The summed E-state index contributed by atoms with van der Waals surface area (Å²) in [5, 5.41) is 4.70. The Hall–Kier alpha value is -1.72. The molecule has 122 valence electrons. The van der Waals surface area contributed by atoms with Crippen molar-refractivity contribution in [3.63, 3.8) is 0 Å². The van der Waals surface area contributed by atoms with E-state index in [9.17, 15) is 4.79 Å². The fourth-order valence-corrected chi connectivity index (χ4v) is 3.04. The highest BCUT2D eigenvalue weighted by Crippen LogP contribution is 2.46. The van der Waals surface area contributed by atoms with Crippen molar-refractivity contribution in [1.82, 2.24) is 5.16 Å². The zero-order valence-corrected chi connectivity index (χ0v) is 14.2. The average molecular weight is 356 g/mol. The molecule has 1 aromatic carbocycles. The van der Waals surface area contributed by atoms with Crippen LogP contribution in [0.25, 0.3) is 11.3 Å². The standard InChI is InChI=1S/C16H15Cl2NO4/c1-3-22-16(20)13-14(19-23-15(13)8-4-5-8)12-10(17)6-9(21-2)7-11(12)18/h6-8H,3-5H2,1-2H3. The van der Waals surface area contributed by atoms with E-state index in [1.54, 1.807) is 19.1 Å². The van der Waals surface area contributed by atoms with Crippen molar-refractivity contribution in [1.29, 1.82) is 0 Å². The Morgan fingerprint density at radius 2 is 2.00 bits per heavy atom. The number of aromatic nitrogens is 1. The summed E-state index contributed by atoms with van der Waals surface area (Å²) < 4.78 is 15.7. The van der Waals surface area contributed by atoms with Crippen molar-refractivity contribution in [2.75, 3.05) is 13.7 Å². The molecule has 0 radical (unpaired) electrons. The minimum absolute atomic E-state index is 0.200. The molecular weight excluding hydrogens is 341 g/mol. The van der Waals surface area contributed by atoms with Gasteiger partial charge in [0.1, 0.15) is 17.0 Å². The van der Waals surface area contributed by atoms with E-state index in [2.05, 4.69) is 5.16 Å². The molecule has 0 aliphatic heterocycles. The number of rotatable bonds is 5. The highest BCUT2D eigenvalue weighted by atomic mass is 35.5. The fourth-order valence-electron chi connectivity index (χ4n) is 2.39. The third-order valence-corrected chi connectivity index (χ3v) is 4.23. The maximum absolute atomic E-state index is 12.4. The smallest absolute Gasteiger partial charge is 0.344 e. The molecule has 1 aliphatic rings. The van der Waals surface area contributed by atoms with Gasteiger partial charge in [0.2, 0.25) is 0 Å². The van der Waals surface area contributed by atoms with Gasteiger partial charge in [0, 0.05) is 11.5 Å². The summed E-state index contributed by atoms with van der Waals surface area (Å²) in [5.41, 5.74) is 1.05. The van der Waals surface area contributed by atoms with Crippen LogP contribution >= 0.6 is 23.2 Å². The molecule has 3 rings (SSSR count). The summed E-state index contributed by atoms with van der Waals surface area (Å²) >= 11 is 12.6. The molecular formula is C16H15Cl2NO4. The second-order valence-corrected chi connectivity index (χ2v) is 6.05. The lowest BCUT2D eigenvalue weighted by molar-refractivity contribution is 0.0524. The molecule has 0 unspecified atom stereocenters. The number of benzene rings is 1. The Kier molecular flexibility index (Phi) is 4.50. The van der Waals surface area contributed by atoms with Gasteiger partial charge in [0.25, 0.3) is 0 Å². The molecule has 1 aromatic heterocycles. The van der Waals surface area contributed by atoms with E-state index in [1.807, 2.05) is 0 Å². The van der Waals surface area contributed by atoms with Gasteiger partial charge in [-0.05, 0) is 31.9 Å². The molecule has 0 saturated heterocycles. The number of hydrogen-bond acceptors (Lipinski definition) is 5. The van der Waals surface area contributed by atoms with Crippen molar-refractivity contribution in [3.05, 3.63) is 33.5 Å². The second kappa shape index (κ2) is 6.42. The van der Waals surface area contributed by atoms with Crippen LogP contribution in [0.2, 0.25) is 10.0 Å². The normalized spacial score (nSPS) is 13.9. The lowest BCUT2D eigenvalue weighted by Gasteiger charge is -2.09. The molecule has 2 aromatic rings. The maximum atomic E-state index is 12.4. The summed E-state index contributed by atoms with van der Waals surface area (Å²) in [5.74, 6) is 0.786. The number of carbonyl (C=O) groups is 1. The molecule has 7 heteroatoms. The van der Waals surface area contributed by atoms with Crippen molar-refractivity contribution < 1.29 is 18.8 Å². The van der Waals surface area contributed by atoms with E-state index in [0.717, 1.165) is 12.8 Å². The Bertz CT molecular complexity index is 730. The number of ether oxygens (including phenoxy) is 2. The zero-order valence-electron chi connectivity index (χ0n) is 12.7. The van der Waals surface area contributed by atoms with Crippen LogP contribution in [0.5, 0.6) is 5.75 Å². The maximum Gasteiger partial charge on any atom is 0.344 e. The summed E-state index contributed by atoms with van der Waals surface area (Å²) in [7, 11) is 1.52. The molecule has 0 N–H and O–H groups in total. The fraction of sp³-hybridized carbons (Fsp3) is 0.375. The van der Waals surface area contributed by atoms with Gasteiger partial charge < -0.3 is 14.0 Å². The minimum atomic E-state index is -0.478. The minimum Gasteiger partial charge on any atom is -0.497 e. The van der Waals surface area contributed by atoms with E-state index in [-0.39, 0.29) is 12.5 Å². The molecule has 23 heavy (non-hydrogen) atoms. The van der Waals surface area contributed by atoms with Gasteiger partial charge in [0.05, 0.1) is 23.8 Å². The Balaban J connectivity index is 2.15. The van der Waals surface area contributed by atoms with Crippen molar-refractivity contribution >= 4 is 29.2 Å². The predicted molar refractivity (Wildman–Crippen MR) is 86.4 cm³/mol. The van der Waals surface area contributed by atoms with E-state index >= 15 is 0 Å². The number of methoxy groups -OCH3 is 1. The first-order valence-electron chi connectivity index (χ1n) is 7.26. The summed E-state index contributed by atoms with van der Waals surface area (Å²) in [6.45, 7) is 2.01. The molecule has 0 amide bonds. The van der Waals surface area contributed by atoms with Crippen LogP contribution in [0.15, 0.2) is 16.7 Å². The van der Waals surface area contributed by atoms with Gasteiger partial charge >= 0.3 is 5.97 Å². The Morgan fingerprint density at radius 3 is 2.52 bits per heavy atom. The van der Waals surface area contributed by atoms with Gasteiger partial charge in [0.15, 0.2) is 5.76 Å². The number of esters is 1. The van der Waals surface area contributed by atoms with Crippen molar-refractivity contribution in [3.8, 4) is 17.0 Å². The highest BCUT2D eigenvalue weighted by molar-refractivity contribution is 6.39. The van der Waals surface area contributed by atoms with Crippen LogP contribution in [0.4, 0.5) is 0 Å². The third kappa shape index (κ3) is 3.03. The molecule has 1 heterocycles. The van der Waals surface area contributed by atoms with E-state index in [1.165, 1.54) is 7.11 Å². The largest absolute Gasteiger partial charge is 0.497 e. The number of nitrogens with zero attached hydrogens (tertiary/aromatic N) is 1. The SMILES string of the molecule is CCOC(=O)c1c(-c2c(Cl)cc(OC)cc2Cl)noc1C1CC1. The molecule has 1 saturated carbocycles. The number of halogens is 2. The van der Waals surface area contributed by atoms with Gasteiger partial charge in [-0.2, -0.15) is 0 Å². The Labute approximate surface area is 143 Å². The topological polar surface area (TPSA) is 61.6 Å². The zero-order chi connectivity index (χ0) is 16.6. The van der Waals surface area contributed by atoms with Crippen LogP contribution in [0, 0.1) is 0 Å². The summed E-state index contributed by atoms with van der Waals surface area (Å²) in [6, 6.07) is 3.23. The quantitative estimate of drug-likeness (QED) is 0.726. The first kappa shape index (κ1) is 16.1. The molecule has 5 nitrogen and oxygen atoms in total. The van der Waals surface area contributed by atoms with E-state index in [0.29, 0.717) is 38.4 Å². The van der Waals surface area contributed by atoms with Gasteiger partial charge in [-0.15, -0.1) is 0 Å². The average Bonchev–Trinajstić information content (AvgIpc) is 3.27. The second-order valence-electron chi connectivity index (χ2n) is 5.23. The molecule has 1 fully saturated rings. The number of hydrogen-bond donors (Lipinski definition) is 0. The van der Waals surface area contributed by atoms with Crippen molar-refractivity contribution in [2.45, 2.75) is 25.7 Å². The van der Waals surface area contributed by atoms with Crippen LogP contribution < -0.4 is 4.74 Å². The number of carbonyl (C=O) groups excluding carboxylic acids is 1. The first-order chi connectivity index (χ1) is 11.1. The first-order valence-corrected chi connectivity index (χ1v) is 8.02. The third-order valence-electron chi connectivity index (χ3n) is 3.63. The van der Waals surface area contributed by atoms with E-state index < -0.39 is 5.97 Å². The van der Waals surface area contributed by atoms with Gasteiger partial charge in [-0.3, -0.25) is 0 Å². The molecule has 0 spiro atoms. The van der Waals surface area contributed by atoms with Crippen LogP contribution in [0.1, 0.15) is 41.8 Å². The predicted octanol–water partition coefficient (Wildman–Crippen LogP) is 4.71. The summed E-state index contributed by atoms with van der Waals surface area (Å²) in [4.78, 5) is 12.4. The van der Waals surface area contributed by atoms with Crippen molar-refractivity contribution in [2.24, 2.45) is 0 Å². The molecule has 0 bridgehead atoms. The monoisotopic (exact) mass is 355 g/mol. The van der Waals surface area contributed by atoms with Crippen LogP contribution in [-0.4, -0.2) is 24.8 Å². The van der Waals surface area contributed by atoms with Gasteiger partial charge in [-0.1, -0.05) is 28.4 Å².